The lowest BCUT2D eigenvalue weighted by atomic mass is 10.1. The number of aromatic nitrogens is 1. The van der Waals surface area contributed by atoms with Gasteiger partial charge in [-0.25, -0.2) is 9.78 Å². The van der Waals surface area contributed by atoms with Gasteiger partial charge < -0.3 is 4.74 Å². The Labute approximate surface area is 110 Å². The van der Waals surface area contributed by atoms with Crippen LogP contribution in [0.3, 0.4) is 0 Å². The van der Waals surface area contributed by atoms with Crippen LogP contribution in [-0.4, -0.2) is 17.6 Å². The molecule has 19 heavy (non-hydrogen) atoms. The second-order valence-electron chi connectivity index (χ2n) is 4.31. The van der Waals surface area contributed by atoms with Gasteiger partial charge in [0.15, 0.2) is 0 Å². The van der Waals surface area contributed by atoms with Gasteiger partial charge in [0.1, 0.15) is 0 Å². The third-order valence-corrected chi connectivity index (χ3v) is 3.03. The molecule has 0 atom stereocenters. The lowest BCUT2D eigenvalue weighted by Crippen LogP contribution is -2.04. The van der Waals surface area contributed by atoms with E-state index in [1.165, 1.54) is 0 Å². The van der Waals surface area contributed by atoms with Crippen molar-refractivity contribution in [3.05, 3.63) is 54.1 Å². The second-order valence-corrected chi connectivity index (χ2v) is 4.31. The van der Waals surface area contributed by atoms with Crippen LogP contribution < -0.4 is 0 Å². The van der Waals surface area contributed by atoms with Gasteiger partial charge in [-0.15, -0.1) is 0 Å². The van der Waals surface area contributed by atoms with E-state index in [2.05, 4.69) is 4.98 Å². The molecule has 0 radical (unpaired) electrons. The Morgan fingerprint density at radius 3 is 2.68 bits per heavy atom. The molecule has 1 aromatic heterocycles. The number of esters is 1. The van der Waals surface area contributed by atoms with Gasteiger partial charge in [0, 0.05) is 10.8 Å². The summed E-state index contributed by atoms with van der Waals surface area (Å²) in [6.07, 6.45) is 0. The third-order valence-electron chi connectivity index (χ3n) is 3.03. The van der Waals surface area contributed by atoms with Crippen LogP contribution in [0, 0.1) is 0 Å². The van der Waals surface area contributed by atoms with Crippen LogP contribution >= 0.6 is 0 Å². The van der Waals surface area contributed by atoms with Crippen LogP contribution in [0.25, 0.3) is 21.8 Å². The molecule has 0 bridgehead atoms. The van der Waals surface area contributed by atoms with E-state index in [9.17, 15) is 4.79 Å². The quantitative estimate of drug-likeness (QED) is 0.516. The maximum absolute atomic E-state index is 11.7. The first kappa shape index (κ1) is 11.7. The first-order chi connectivity index (χ1) is 9.28. The number of benzene rings is 2. The molecule has 2 aromatic carbocycles. The molecule has 0 fully saturated rings. The highest BCUT2D eigenvalue weighted by Crippen LogP contribution is 2.20. The number of pyridine rings is 1. The summed E-state index contributed by atoms with van der Waals surface area (Å²) < 4.78 is 5.00. The predicted molar refractivity (Wildman–Crippen MR) is 75.2 cm³/mol. The fourth-order valence-electron chi connectivity index (χ4n) is 2.12. The summed E-state index contributed by atoms with van der Waals surface area (Å²) in [6.45, 7) is 2.18. The number of rotatable bonds is 2. The van der Waals surface area contributed by atoms with Crippen LogP contribution in [0.5, 0.6) is 0 Å². The summed E-state index contributed by atoms with van der Waals surface area (Å²) in [5.41, 5.74) is 2.40. The van der Waals surface area contributed by atoms with Crippen LogP contribution in [0.2, 0.25) is 0 Å². The lowest BCUT2D eigenvalue weighted by Gasteiger charge is -2.04. The monoisotopic (exact) mass is 251 g/mol. The molecule has 0 saturated heterocycles. The van der Waals surface area contributed by atoms with Crippen molar-refractivity contribution >= 4 is 27.8 Å². The molecule has 94 valence electrons. The van der Waals surface area contributed by atoms with E-state index in [0.717, 1.165) is 21.8 Å². The zero-order valence-electron chi connectivity index (χ0n) is 10.6. The van der Waals surface area contributed by atoms with Crippen molar-refractivity contribution in [1.29, 1.82) is 0 Å². The van der Waals surface area contributed by atoms with E-state index in [1.807, 2.05) is 42.5 Å². The Bertz CT molecular complexity index is 765. The SMILES string of the molecule is CCOC(=O)c1ccc2nc3ccccc3cc2c1. The highest BCUT2D eigenvalue weighted by Gasteiger charge is 2.08. The largest absolute Gasteiger partial charge is 0.462 e. The fraction of sp³-hybridized carbons (Fsp3) is 0.125. The normalized spacial score (nSPS) is 10.8. The number of hydrogen-bond acceptors (Lipinski definition) is 3. The van der Waals surface area contributed by atoms with Crippen molar-refractivity contribution in [2.24, 2.45) is 0 Å². The summed E-state index contributed by atoms with van der Waals surface area (Å²) in [7, 11) is 0. The summed E-state index contributed by atoms with van der Waals surface area (Å²) in [4.78, 5) is 16.3. The van der Waals surface area contributed by atoms with Gasteiger partial charge in [0.05, 0.1) is 23.2 Å². The summed E-state index contributed by atoms with van der Waals surface area (Å²) in [5.74, 6) is -0.294. The molecule has 0 aliphatic carbocycles. The molecule has 3 rings (SSSR count). The summed E-state index contributed by atoms with van der Waals surface area (Å²) in [6, 6.07) is 15.4. The first-order valence-corrected chi connectivity index (χ1v) is 6.24. The molecule has 0 N–H and O–H groups in total. The zero-order chi connectivity index (χ0) is 13.2. The second kappa shape index (κ2) is 4.69. The predicted octanol–water partition coefficient (Wildman–Crippen LogP) is 3.56. The topological polar surface area (TPSA) is 39.2 Å². The molecule has 0 unspecified atom stereocenters. The number of ether oxygens (including phenoxy) is 1. The number of carbonyl (C=O) groups is 1. The van der Waals surface area contributed by atoms with Crippen LogP contribution in [-0.2, 0) is 4.74 Å². The average molecular weight is 251 g/mol. The Hall–Kier alpha value is -2.42. The van der Waals surface area contributed by atoms with Crippen molar-refractivity contribution in [3.8, 4) is 0 Å². The van der Waals surface area contributed by atoms with Crippen LogP contribution in [0.1, 0.15) is 17.3 Å². The first-order valence-electron chi connectivity index (χ1n) is 6.24. The number of hydrogen-bond donors (Lipinski definition) is 0. The van der Waals surface area contributed by atoms with Crippen molar-refractivity contribution in [2.45, 2.75) is 6.92 Å². The third kappa shape index (κ3) is 2.15. The van der Waals surface area contributed by atoms with Gasteiger partial charge in [-0.05, 0) is 37.3 Å². The van der Waals surface area contributed by atoms with E-state index in [1.54, 1.807) is 13.0 Å². The van der Waals surface area contributed by atoms with Crippen molar-refractivity contribution < 1.29 is 9.53 Å². The van der Waals surface area contributed by atoms with Crippen molar-refractivity contribution in [3.63, 3.8) is 0 Å². The molecule has 1 heterocycles. The van der Waals surface area contributed by atoms with E-state index in [0.29, 0.717) is 12.2 Å². The van der Waals surface area contributed by atoms with Crippen molar-refractivity contribution in [2.75, 3.05) is 6.61 Å². The Morgan fingerprint density at radius 2 is 1.84 bits per heavy atom. The molecule has 0 spiro atoms. The molecule has 3 nitrogen and oxygen atoms in total. The maximum Gasteiger partial charge on any atom is 0.338 e. The summed E-state index contributed by atoms with van der Waals surface area (Å²) >= 11 is 0. The molecule has 3 heteroatoms. The van der Waals surface area contributed by atoms with E-state index < -0.39 is 0 Å². The standard InChI is InChI=1S/C16H13NO2/c1-2-19-16(18)12-7-8-15-13(10-12)9-11-5-3-4-6-14(11)17-15/h3-10H,2H2,1H3. The molecule has 3 aromatic rings. The lowest BCUT2D eigenvalue weighted by molar-refractivity contribution is 0.0526. The highest BCUT2D eigenvalue weighted by atomic mass is 16.5. The average Bonchev–Trinajstić information content (AvgIpc) is 2.44. The van der Waals surface area contributed by atoms with Crippen LogP contribution in [0.15, 0.2) is 48.5 Å². The number of fused-ring (bicyclic) bond motifs is 2. The van der Waals surface area contributed by atoms with E-state index in [-0.39, 0.29) is 5.97 Å². The smallest absolute Gasteiger partial charge is 0.338 e. The molecular formula is C16H13NO2. The van der Waals surface area contributed by atoms with Gasteiger partial charge in [-0.1, -0.05) is 18.2 Å². The van der Waals surface area contributed by atoms with Gasteiger partial charge in [-0.2, -0.15) is 0 Å². The van der Waals surface area contributed by atoms with Gasteiger partial charge >= 0.3 is 5.97 Å². The molecule has 0 aliphatic heterocycles. The minimum Gasteiger partial charge on any atom is -0.462 e. The maximum atomic E-state index is 11.7. The minimum atomic E-state index is -0.294. The summed E-state index contributed by atoms with van der Waals surface area (Å²) in [5, 5.41) is 2.01. The van der Waals surface area contributed by atoms with Crippen molar-refractivity contribution in [1.82, 2.24) is 4.98 Å². The molecule has 0 saturated carbocycles. The highest BCUT2D eigenvalue weighted by molar-refractivity contribution is 5.98. The number of para-hydroxylation sites is 1. The number of carbonyl (C=O) groups excluding carboxylic acids is 1. The zero-order valence-corrected chi connectivity index (χ0v) is 10.6. The van der Waals surface area contributed by atoms with Gasteiger partial charge in [0.25, 0.3) is 0 Å². The van der Waals surface area contributed by atoms with Crippen LogP contribution in [0.4, 0.5) is 0 Å². The minimum absolute atomic E-state index is 0.294. The Balaban J connectivity index is 2.16. The molecular weight excluding hydrogens is 238 g/mol. The van der Waals surface area contributed by atoms with E-state index >= 15 is 0 Å². The van der Waals surface area contributed by atoms with E-state index in [4.69, 9.17) is 4.74 Å². The van der Waals surface area contributed by atoms with Gasteiger partial charge in [0.2, 0.25) is 0 Å². The Morgan fingerprint density at radius 1 is 1.05 bits per heavy atom. The fourth-order valence-corrected chi connectivity index (χ4v) is 2.12. The molecule has 0 aliphatic rings. The molecule has 0 amide bonds. The van der Waals surface area contributed by atoms with Gasteiger partial charge in [-0.3, -0.25) is 0 Å². The Kier molecular flexibility index (Phi) is 2.88. The number of nitrogens with zero attached hydrogens (tertiary/aromatic N) is 1.